The summed E-state index contributed by atoms with van der Waals surface area (Å²) in [5.41, 5.74) is -0.422. The van der Waals surface area contributed by atoms with Gasteiger partial charge >= 0.3 is 6.09 Å². The van der Waals surface area contributed by atoms with E-state index in [1.165, 1.54) is 0 Å². The standard InChI is InChI=1S/C15H28N2O3/c1-15(2,3)20-14(18)16-12-4-6-13(7-5-12)17-8-10-19-11-9-17/h12-13H,4-11H2,1-3H3,(H,16,18). The first-order valence-corrected chi connectivity index (χ1v) is 7.75. The van der Waals surface area contributed by atoms with Crippen LogP contribution in [0.2, 0.25) is 0 Å². The zero-order chi connectivity index (χ0) is 14.6. The largest absolute Gasteiger partial charge is 0.444 e. The van der Waals surface area contributed by atoms with E-state index in [1.54, 1.807) is 0 Å². The van der Waals surface area contributed by atoms with E-state index in [-0.39, 0.29) is 12.1 Å². The van der Waals surface area contributed by atoms with Crippen molar-refractivity contribution < 1.29 is 14.3 Å². The van der Waals surface area contributed by atoms with Crippen LogP contribution in [0.3, 0.4) is 0 Å². The van der Waals surface area contributed by atoms with Crippen molar-refractivity contribution in [2.24, 2.45) is 0 Å². The highest BCUT2D eigenvalue weighted by Crippen LogP contribution is 2.24. The molecule has 0 aromatic heterocycles. The fourth-order valence-electron chi connectivity index (χ4n) is 3.00. The summed E-state index contributed by atoms with van der Waals surface area (Å²) in [5.74, 6) is 0. The molecule has 5 nitrogen and oxygen atoms in total. The van der Waals surface area contributed by atoms with Crippen molar-refractivity contribution in [2.75, 3.05) is 26.3 Å². The van der Waals surface area contributed by atoms with E-state index in [4.69, 9.17) is 9.47 Å². The van der Waals surface area contributed by atoms with Crippen LogP contribution in [-0.4, -0.2) is 55.0 Å². The van der Waals surface area contributed by atoms with Crippen LogP contribution in [0.4, 0.5) is 4.79 Å². The number of carbonyl (C=O) groups excluding carboxylic acids is 1. The Morgan fingerprint density at radius 1 is 1.15 bits per heavy atom. The molecule has 1 N–H and O–H groups in total. The summed E-state index contributed by atoms with van der Waals surface area (Å²) in [4.78, 5) is 14.3. The Hall–Kier alpha value is -0.810. The molecule has 2 aliphatic rings. The number of nitrogens with one attached hydrogen (secondary N) is 1. The number of hydrogen-bond donors (Lipinski definition) is 1. The molecular weight excluding hydrogens is 256 g/mol. The van der Waals surface area contributed by atoms with Gasteiger partial charge in [-0.1, -0.05) is 0 Å². The third-order valence-corrected chi connectivity index (χ3v) is 3.98. The zero-order valence-electron chi connectivity index (χ0n) is 13.0. The molecule has 1 saturated heterocycles. The van der Waals surface area contributed by atoms with Gasteiger partial charge in [-0.2, -0.15) is 0 Å². The van der Waals surface area contributed by atoms with Crippen molar-refractivity contribution in [3.8, 4) is 0 Å². The van der Waals surface area contributed by atoms with Gasteiger partial charge in [0.15, 0.2) is 0 Å². The molecule has 116 valence electrons. The van der Waals surface area contributed by atoms with Crippen LogP contribution in [0.5, 0.6) is 0 Å². The highest BCUT2D eigenvalue weighted by atomic mass is 16.6. The highest BCUT2D eigenvalue weighted by molar-refractivity contribution is 5.68. The van der Waals surface area contributed by atoms with E-state index in [2.05, 4.69) is 10.2 Å². The molecular formula is C15H28N2O3. The molecule has 0 aromatic carbocycles. The van der Waals surface area contributed by atoms with Gasteiger partial charge in [-0.15, -0.1) is 0 Å². The minimum Gasteiger partial charge on any atom is -0.444 e. The normalized spacial score (nSPS) is 28.9. The summed E-state index contributed by atoms with van der Waals surface area (Å²) in [6.07, 6.45) is 4.11. The predicted molar refractivity (Wildman–Crippen MR) is 77.8 cm³/mol. The fraction of sp³-hybridized carbons (Fsp3) is 0.933. The van der Waals surface area contributed by atoms with Crippen molar-refractivity contribution in [3.05, 3.63) is 0 Å². The number of ether oxygens (including phenoxy) is 2. The average Bonchev–Trinajstić information content (AvgIpc) is 2.38. The SMILES string of the molecule is CC(C)(C)OC(=O)NC1CCC(N2CCOCC2)CC1. The summed E-state index contributed by atoms with van der Waals surface area (Å²) in [6.45, 7) is 9.49. The van der Waals surface area contributed by atoms with E-state index in [0.717, 1.165) is 52.0 Å². The number of alkyl carbamates (subject to hydrolysis) is 1. The first-order chi connectivity index (χ1) is 9.44. The lowest BCUT2D eigenvalue weighted by molar-refractivity contribution is 0.00566. The topological polar surface area (TPSA) is 50.8 Å². The van der Waals surface area contributed by atoms with Gasteiger partial charge in [0.2, 0.25) is 0 Å². The number of nitrogens with zero attached hydrogens (tertiary/aromatic N) is 1. The Kier molecular flexibility index (Phi) is 5.27. The Balaban J connectivity index is 1.70. The fourth-order valence-corrected chi connectivity index (χ4v) is 3.00. The van der Waals surface area contributed by atoms with Gasteiger partial charge in [0.1, 0.15) is 5.60 Å². The molecule has 1 aliphatic heterocycles. The van der Waals surface area contributed by atoms with Crippen LogP contribution >= 0.6 is 0 Å². The van der Waals surface area contributed by atoms with E-state index < -0.39 is 5.60 Å². The summed E-state index contributed by atoms with van der Waals surface area (Å²) < 4.78 is 10.7. The molecule has 0 unspecified atom stereocenters. The number of amides is 1. The summed E-state index contributed by atoms with van der Waals surface area (Å²) in [5, 5.41) is 2.99. The second kappa shape index (κ2) is 6.76. The Labute approximate surface area is 122 Å². The lowest BCUT2D eigenvalue weighted by Gasteiger charge is -2.38. The minimum atomic E-state index is -0.422. The molecule has 2 rings (SSSR count). The van der Waals surface area contributed by atoms with Crippen molar-refractivity contribution in [3.63, 3.8) is 0 Å². The molecule has 0 spiro atoms. The number of carbonyl (C=O) groups is 1. The van der Waals surface area contributed by atoms with Gasteiger partial charge in [-0.25, -0.2) is 4.79 Å². The third kappa shape index (κ3) is 4.94. The second-order valence-corrected chi connectivity index (χ2v) is 6.80. The van der Waals surface area contributed by atoms with Crippen LogP contribution in [0, 0.1) is 0 Å². The van der Waals surface area contributed by atoms with Crippen molar-refractivity contribution in [1.82, 2.24) is 10.2 Å². The molecule has 1 saturated carbocycles. The van der Waals surface area contributed by atoms with Crippen molar-refractivity contribution >= 4 is 6.09 Å². The van der Waals surface area contributed by atoms with Crippen LogP contribution in [-0.2, 0) is 9.47 Å². The first-order valence-electron chi connectivity index (χ1n) is 7.75. The van der Waals surface area contributed by atoms with Gasteiger partial charge in [-0.05, 0) is 46.5 Å². The third-order valence-electron chi connectivity index (χ3n) is 3.98. The van der Waals surface area contributed by atoms with Gasteiger partial charge in [0, 0.05) is 25.2 Å². The summed E-state index contributed by atoms with van der Waals surface area (Å²) >= 11 is 0. The molecule has 2 fully saturated rings. The van der Waals surface area contributed by atoms with Crippen molar-refractivity contribution in [2.45, 2.75) is 64.1 Å². The Bertz CT molecular complexity index is 314. The minimum absolute atomic E-state index is 0.266. The van der Waals surface area contributed by atoms with E-state index in [0.29, 0.717) is 6.04 Å². The second-order valence-electron chi connectivity index (χ2n) is 6.80. The van der Waals surface area contributed by atoms with E-state index in [1.807, 2.05) is 20.8 Å². The van der Waals surface area contributed by atoms with Gasteiger partial charge in [0.05, 0.1) is 13.2 Å². The van der Waals surface area contributed by atoms with Crippen LogP contribution in [0.25, 0.3) is 0 Å². The molecule has 1 amide bonds. The molecule has 0 aromatic rings. The maximum atomic E-state index is 11.7. The molecule has 0 bridgehead atoms. The van der Waals surface area contributed by atoms with Gasteiger partial charge in [0.25, 0.3) is 0 Å². The summed E-state index contributed by atoms with van der Waals surface area (Å²) in [6, 6.07) is 0.928. The maximum absolute atomic E-state index is 11.7. The number of hydrogen-bond acceptors (Lipinski definition) is 4. The monoisotopic (exact) mass is 284 g/mol. The Morgan fingerprint density at radius 3 is 2.30 bits per heavy atom. The number of rotatable bonds is 2. The molecule has 1 aliphatic carbocycles. The van der Waals surface area contributed by atoms with Gasteiger partial charge in [-0.3, -0.25) is 4.90 Å². The molecule has 1 heterocycles. The molecule has 20 heavy (non-hydrogen) atoms. The maximum Gasteiger partial charge on any atom is 0.407 e. The van der Waals surface area contributed by atoms with Gasteiger partial charge < -0.3 is 14.8 Å². The van der Waals surface area contributed by atoms with Crippen LogP contribution in [0.15, 0.2) is 0 Å². The van der Waals surface area contributed by atoms with Crippen molar-refractivity contribution in [1.29, 1.82) is 0 Å². The quantitative estimate of drug-likeness (QED) is 0.844. The van der Waals surface area contributed by atoms with Crippen LogP contribution in [0.1, 0.15) is 46.5 Å². The molecule has 0 radical (unpaired) electrons. The zero-order valence-corrected chi connectivity index (χ0v) is 13.0. The Morgan fingerprint density at radius 2 is 1.75 bits per heavy atom. The smallest absolute Gasteiger partial charge is 0.407 e. The number of morpholine rings is 1. The lowest BCUT2D eigenvalue weighted by atomic mass is 9.90. The average molecular weight is 284 g/mol. The van der Waals surface area contributed by atoms with E-state index >= 15 is 0 Å². The highest BCUT2D eigenvalue weighted by Gasteiger charge is 2.28. The predicted octanol–water partition coefficient (Wildman–Crippen LogP) is 2.15. The lowest BCUT2D eigenvalue weighted by Crippen LogP contribution is -2.48. The van der Waals surface area contributed by atoms with Crippen LogP contribution < -0.4 is 5.32 Å². The molecule has 0 atom stereocenters. The summed E-state index contributed by atoms with van der Waals surface area (Å²) in [7, 11) is 0. The first kappa shape index (κ1) is 15.6. The van der Waals surface area contributed by atoms with E-state index in [9.17, 15) is 4.79 Å². The molecule has 5 heteroatoms.